The molecule has 1 N–H and O–H groups in total. The Bertz CT molecular complexity index is 1130. The van der Waals surface area contributed by atoms with E-state index in [-0.39, 0.29) is 16.9 Å². The van der Waals surface area contributed by atoms with Crippen LogP contribution in [0.15, 0.2) is 18.5 Å². The molecule has 33 heavy (non-hydrogen) atoms. The number of Topliss-reactive ketones (excluding diaryl/α,β-unsaturated/α-hetero) is 1. The van der Waals surface area contributed by atoms with Crippen molar-refractivity contribution in [2.24, 2.45) is 46.8 Å². The minimum Gasteiger partial charge on any atom is -0.390 e. The van der Waals surface area contributed by atoms with Gasteiger partial charge in [-0.3, -0.25) is 14.5 Å². The van der Waals surface area contributed by atoms with Gasteiger partial charge in [0, 0.05) is 12.1 Å². The minimum atomic E-state index is -0.291. The Morgan fingerprint density at radius 2 is 1.82 bits per heavy atom. The molecular weight excluding hydrogens is 434 g/mol. The number of rotatable bonds is 3. The highest BCUT2D eigenvalue weighted by Crippen LogP contribution is 2.68. The smallest absolute Gasteiger partial charge is 0.157 e. The summed E-state index contributed by atoms with van der Waals surface area (Å²) in [6, 6.07) is 1.81. The average Bonchev–Trinajstić information content (AvgIpc) is 3.14. The zero-order valence-electron chi connectivity index (χ0n) is 19.4. The molecule has 0 radical (unpaired) electrons. The molecule has 5 aliphatic rings. The highest BCUT2D eigenvalue weighted by molar-refractivity contribution is 6.31. The lowest BCUT2D eigenvalue weighted by Crippen LogP contribution is -2.50. The summed E-state index contributed by atoms with van der Waals surface area (Å²) in [5, 5.41) is 15.8. The molecule has 6 heteroatoms. The van der Waals surface area contributed by atoms with Gasteiger partial charge in [-0.05, 0) is 105 Å². The molecule has 0 aromatic carbocycles. The Kier molecular flexibility index (Phi) is 4.45. The Balaban J connectivity index is 1.09. The van der Waals surface area contributed by atoms with Crippen molar-refractivity contribution >= 4 is 28.4 Å². The van der Waals surface area contributed by atoms with E-state index in [1.807, 2.05) is 12.3 Å². The van der Waals surface area contributed by atoms with Gasteiger partial charge in [-0.15, -0.1) is 0 Å². The van der Waals surface area contributed by atoms with Crippen LogP contribution in [0.3, 0.4) is 0 Å². The first-order valence-corrected chi connectivity index (χ1v) is 13.5. The third-order valence-electron chi connectivity index (χ3n) is 11.0. The molecule has 2 aromatic heterocycles. The second-order valence-electron chi connectivity index (χ2n) is 12.3. The number of hydrogen-bond donors (Lipinski definition) is 1. The summed E-state index contributed by atoms with van der Waals surface area (Å²) in [6.07, 6.45) is 14.2. The average molecular weight is 468 g/mol. The first-order valence-electron chi connectivity index (χ1n) is 13.1. The van der Waals surface area contributed by atoms with Crippen LogP contribution in [0.5, 0.6) is 0 Å². The van der Waals surface area contributed by atoms with E-state index in [4.69, 9.17) is 11.6 Å². The summed E-state index contributed by atoms with van der Waals surface area (Å²) >= 11 is 6.06. The molecule has 5 aliphatic carbocycles. The SMILES string of the molecule is C[C@]12CC[C@@H]3[C@H]4CC[C@]5(O)CC5[C@H]4CC[C@H]3[C@@H]1CC[C@@H]2C(=O)Cn1cc2ncc(Cl)cc2n1. The second-order valence-corrected chi connectivity index (χ2v) is 12.8. The van der Waals surface area contributed by atoms with Crippen molar-refractivity contribution in [1.29, 1.82) is 0 Å². The second kappa shape index (κ2) is 7.04. The number of nitrogens with zero attached hydrogens (tertiary/aromatic N) is 3. The van der Waals surface area contributed by atoms with Crippen LogP contribution < -0.4 is 0 Å². The van der Waals surface area contributed by atoms with E-state index in [1.54, 1.807) is 10.9 Å². The number of pyridine rings is 1. The first-order chi connectivity index (χ1) is 15.9. The summed E-state index contributed by atoms with van der Waals surface area (Å²) in [5.74, 6) is 4.97. The van der Waals surface area contributed by atoms with Gasteiger partial charge in [0.2, 0.25) is 0 Å². The molecule has 0 bridgehead atoms. The monoisotopic (exact) mass is 467 g/mol. The van der Waals surface area contributed by atoms with Gasteiger partial charge in [0.15, 0.2) is 5.78 Å². The van der Waals surface area contributed by atoms with Crippen molar-refractivity contribution in [3.63, 3.8) is 0 Å². The summed E-state index contributed by atoms with van der Waals surface area (Å²) in [7, 11) is 0. The summed E-state index contributed by atoms with van der Waals surface area (Å²) in [6.45, 7) is 2.76. The van der Waals surface area contributed by atoms with Gasteiger partial charge >= 0.3 is 0 Å². The van der Waals surface area contributed by atoms with Crippen molar-refractivity contribution in [2.75, 3.05) is 0 Å². The van der Waals surface area contributed by atoms with Gasteiger partial charge in [-0.25, -0.2) is 0 Å². The maximum absolute atomic E-state index is 13.6. The van der Waals surface area contributed by atoms with Gasteiger partial charge in [-0.2, -0.15) is 5.10 Å². The number of carbonyl (C=O) groups is 1. The first kappa shape index (κ1) is 20.9. The molecule has 2 heterocycles. The Morgan fingerprint density at radius 1 is 1.06 bits per heavy atom. The normalized spacial score (nSPS) is 45.7. The Hall–Kier alpha value is -1.46. The van der Waals surface area contributed by atoms with E-state index in [1.165, 1.54) is 38.5 Å². The van der Waals surface area contributed by atoms with Crippen LogP contribution in [-0.2, 0) is 11.3 Å². The zero-order valence-corrected chi connectivity index (χ0v) is 20.2. The van der Waals surface area contributed by atoms with E-state index in [2.05, 4.69) is 17.0 Å². The van der Waals surface area contributed by atoms with E-state index in [9.17, 15) is 9.90 Å². The molecule has 9 atom stereocenters. The predicted octanol–water partition coefficient (Wildman–Crippen LogP) is 5.28. The molecule has 0 saturated heterocycles. The number of ketones is 1. The molecule has 0 amide bonds. The van der Waals surface area contributed by atoms with Crippen LogP contribution in [-0.4, -0.2) is 31.3 Å². The molecule has 5 nitrogen and oxygen atoms in total. The third-order valence-corrected chi connectivity index (χ3v) is 11.2. The maximum atomic E-state index is 13.6. The van der Waals surface area contributed by atoms with Gasteiger partial charge < -0.3 is 5.11 Å². The van der Waals surface area contributed by atoms with Crippen LogP contribution in [0.25, 0.3) is 11.0 Å². The van der Waals surface area contributed by atoms with Gasteiger partial charge in [0.05, 0.1) is 23.4 Å². The quantitative estimate of drug-likeness (QED) is 0.666. The number of aromatic nitrogens is 3. The highest BCUT2D eigenvalue weighted by Gasteiger charge is 2.65. The third kappa shape index (κ3) is 3.03. The lowest BCUT2D eigenvalue weighted by molar-refractivity contribution is -0.131. The predicted molar refractivity (Wildman–Crippen MR) is 127 cm³/mol. The van der Waals surface area contributed by atoms with Crippen molar-refractivity contribution in [2.45, 2.75) is 76.9 Å². The lowest BCUT2D eigenvalue weighted by atomic mass is 9.49. The van der Waals surface area contributed by atoms with E-state index >= 15 is 0 Å². The number of halogens is 1. The number of aliphatic hydroxyl groups is 1. The Labute approximate surface area is 200 Å². The zero-order chi connectivity index (χ0) is 22.5. The molecule has 176 valence electrons. The minimum absolute atomic E-state index is 0.133. The van der Waals surface area contributed by atoms with Crippen molar-refractivity contribution in [3.05, 3.63) is 23.5 Å². The number of carbonyl (C=O) groups excluding carboxylic acids is 1. The fourth-order valence-electron chi connectivity index (χ4n) is 9.49. The van der Waals surface area contributed by atoms with Crippen LogP contribution in [0.2, 0.25) is 5.02 Å². The Morgan fingerprint density at radius 3 is 2.64 bits per heavy atom. The van der Waals surface area contributed by atoms with Crippen LogP contribution in [0.1, 0.15) is 64.7 Å². The summed E-state index contributed by atoms with van der Waals surface area (Å²) < 4.78 is 1.77. The van der Waals surface area contributed by atoms with Crippen LogP contribution in [0.4, 0.5) is 0 Å². The molecule has 5 fully saturated rings. The molecule has 7 rings (SSSR count). The molecule has 5 saturated carbocycles. The van der Waals surface area contributed by atoms with Gasteiger partial charge in [0.25, 0.3) is 0 Å². The molecular formula is C27H34ClN3O2. The van der Waals surface area contributed by atoms with Gasteiger partial charge in [0.1, 0.15) is 11.0 Å². The van der Waals surface area contributed by atoms with Gasteiger partial charge in [-0.1, -0.05) is 18.5 Å². The molecule has 0 spiro atoms. The number of hydrogen-bond acceptors (Lipinski definition) is 4. The van der Waals surface area contributed by atoms with Crippen LogP contribution in [0, 0.1) is 46.8 Å². The van der Waals surface area contributed by atoms with E-state index < -0.39 is 0 Å². The van der Waals surface area contributed by atoms with Crippen molar-refractivity contribution < 1.29 is 9.90 Å². The van der Waals surface area contributed by atoms with Crippen LogP contribution >= 0.6 is 11.6 Å². The summed E-state index contributed by atoms with van der Waals surface area (Å²) in [4.78, 5) is 17.9. The van der Waals surface area contributed by atoms with Crippen molar-refractivity contribution in [3.8, 4) is 0 Å². The highest BCUT2D eigenvalue weighted by atomic mass is 35.5. The fraction of sp³-hybridized carbons (Fsp3) is 0.741. The molecule has 2 aromatic rings. The topological polar surface area (TPSA) is 68.0 Å². The molecule has 1 unspecified atom stereocenters. The largest absolute Gasteiger partial charge is 0.390 e. The lowest BCUT2D eigenvalue weighted by Gasteiger charge is -2.56. The van der Waals surface area contributed by atoms with E-state index in [0.717, 1.165) is 54.0 Å². The summed E-state index contributed by atoms with van der Waals surface area (Å²) in [5.41, 5.74) is 1.38. The van der Waals surface area contributed by atoms with E-state index in [0.29, 0.717) is 29.2 Å². The maximum Gasteiger partial charge on any atom is 0.157 e. The number of fused-ring (bicyclic) bond motifs is 8. The fourth-order valence-corrected chi connectivity index (χ4v) is 9.64. The molecule has 0 aliphatic heterocycles. The standard InChI is InChI=1S/C27H34ClN3O2/c1-26-8-6-16-17-7-9-27(33)11-22(27)19(17)3-2-18(16)20(26)4-5-21(26)25(32)14-31-13-24-23(30-31)10-15(28)12-29-24/h10,12-13,16-22,33H,2-9,11,14H2,1H3/t16-,17-,18-,19+,20+,21-,22?,26+,27+/m1/s1. The van der Waals surface area contributed by atoms with Crippen molar-refractivity contribution in [1.82, 2.24) is 14.8 Å².